The van der Waals surface area contributed by atoms with Crippen LogP contribution in [0.3, 0.4) is 0 Å². The van der Waals surface area contributed by atoms with Gasteiger partial charge in [-0.2, -0.15) is 10.5 Å². The minimum Gasteiger partial charge on any atom is -0.309 e. The molecule has 0 amide bonds. The number of hydrogen-bond donors (Lipinski definition) is 0. The van der Waals surface area contributed by atoms with Crippen LogP contribution in [-0.4, -0.2) is 9.13 Å². The highest BCUT2D eigenvalue weighted by Gasteiger charge is 2.23. The zero-order valence-electron chi connectivity index (χ0n) is 50.7. The number of nitrogens with zero attached hydrogens (tertiary/aromatic N) is 4. The second kappa shape index (κ2) is 19.8. The van der Waals surface area contributed by atoms with E-state index in [0.29, 0.717) is 11.1 Å². The van der Waals surface area contributed by atoms with Gasteiger partial charge in [-0.3, -0.25) is 0 Å². The Hall–Kier alpha value is -12.9. The molecule has 21 rings (SSSR count). The van der Waals surface area contributed by atoms with Crippen LogP contribution in [0.4, 0.5) is 0 Å². The molecule has 19 aromatic carbocycles. The summed E-state index contributed by atoms with van der Waals surface area (Å²) >= 11 is 0. The van der Waals surface area contributed by atoms with E-state index in [4.69, 9.17) is 0 Å². The first kappa shape index (κ1) is 52.0. The molecule has 2 heterocycles. The van der Waals surface area contributed by atoms with Crippen molar-refractivity contribution in [1.82, 2.24) is 9.13 Å². The van der Waals surface area contributed by atoms with Crippen molar-refractivity contribution in [1.29, 1.82) is 10.5 Å². The Bertz CT molecular complexity index is 6650. The maximum atomic E-state index is 9.93. The molecular weight excluding hydrogens is 1140 g/mol. The van der Waals surface area contributed by atoms with E-state index in [1.54, 1.807) is 0 Å². The summed E-state index contributed by atoms with van der Waals surface area (Å²) in [6, 6.07) is 115. The first-order valence-corrected chi connectivity index (χ1v) is 32.1. The van der Waals surface area contributed by atoms with Crippen LogP contribution in [0.25, 0.3) is 196 Å². The first-order valence-electron chi connectivity index (χ1n) is 32.1. The number of benzene rings is 19. The molecule has 4 heteroatoms. The fraction of sp³-hybridized carbons (Fsp3) is 0. The molecule has 0 atom stereocenters. The summed E-state index contributed by atoms with van der Waals surface area (Å²) in [7, 11) is 0. The van der Waals surface area contributed by atoms with Crippen LogP contribution in [0.15, 0.2) is 303 Å². The Labute approximate surface area is 539 Å². The van der Waals surface area contributed by atoms with E-state index in [-0.39, 0.29) is 0 Å². The number of aromatic nitrogens is 2. The SMILES string of the molecule is N#Cc1ccc2c3c1ccc1c(-c4ccc(-c5cc6ccc7cccc8ccc(c5)c6c78)cc4)ccc(c13)n2-c1ccccc1.N#Cc1ccc2c3c1ccc1cc(-c4cc5ccc6cc(-c7ccc8ccccc8c7)cc7ccc(c4)c5c67)cc(c13)n2-c1ccccc1. The highest BCUT2D eigenvalue weighted by atomic mass is 15.0. The van der Waals surface area contributed by atoms with Gasteiger partial charge in [0.1, 0.15) is 0 Å². The van der Waals surface area contributed by atoms with E-state index in [0.717, 1.165) is 55.0 Å². The molecule has 0 saturated heterocycles. The number of fused-ring (bicyclic) bond motifs is 1. The van der Waals surface area contributed by atoms with Crippen LogP contribution in [0.5, 0.6) is 0 Å². The molecule has 21 aromatic rings. The first-order chi connectivity index (χ1) is 46.5. The molecule has 0 saturated carbocycles. The Kier molecular flexibility index (Phi) is 11.0. The van der Waals surface area contributed by atoms with Crippen LogP contribution < -0.4 is 0 Å². The molecule has 0 bridgehead atoms. The van der Waals surface area contributed by atoms with Gasteiger partial charge in [-0.15, -0.1) is 0 Å². The Morgan fingerprint density at radius 2 is 0.553 bits per heavy atom. The van der Waals surface area contributed by atoms with Crippen molar-refractivity contribution in [2.75, 3.05) is 0 Å². The fourth-order valence-electron chi connectivity index (χ4n) is 16.1. The molecule has 0 radical (unpaired) electrons. The summed E-state index contributed by atoms with van der Waals surface area (Å²) < 4.78 is 4.68. The van der Waals surface area contributed by atoms with E-state index in [2.05, 4.69) is 306 Å². The van der Waals surface area contributed by atoms with Crippen molar-refractivity contribution in [2.45, 2.75) is 0 Å². The lowest BCUT2D eigenvalue weighted by molar-refractivity contribution is 1.18. The van der Waals surface area contributed by atoms with Gasteiger partial charge in [-0.25, -0.2) is 0 Å². The van der Waals surface area contributed by atoms with E-state index >= 15 is 0 Å². The van der Waals surface area contributed by atoms with Crippen molar-refractivity contribution >= 4 is 141 Å². The number of rotatable bonds is 6. The van der Waals surface area contributed by atoms with Gasteiger partial charge in [0.2, 0.25) is 0 Å². The second-order valence-electron chi connectivity index (χ2n) is 25.3. The van der Waals surface area contributed by atoms with Gasteiger partial charge in [0.15, 0.2) is 0 Å². The lowest BCUT2D eigenvalue weighted by Gasteiger charge is -2.15. The maximum Gasteiger partial charge on any atom is 0.0998 e. The Morgan fingerprint density at radius 3 is 1.11 bits per heavy atom. The highest BCUT2D eigenvalue weighted by molar-refractivity contribution is 6.30. The average Bonchev–Trinajstić information content (AvgIpc) is 1.47. The van der Waals surface area contributed by atoms with Gasteiger partial charge in [0.05, 0.1) is 45.3 Å². The lowest BCUT2D eigenvalue weighted by Crippen LogP contribution is -1.93. The van der Waals surface area contributed by atoms with Gasteiger partial charge in [0, 0.05) is 43.7 Å². The fourth-order valence-corrected chi connectivity index (χ4v) is 16.1. The summed E-state index contributed by atoms with van der Waals surface area (Å²) in [4.78, 5) is 0. The molecule has 2 aromatic heterocycles. The lowest BCUT2D eigenvalue weighted by atomic mass is 9.89. The van der Waals surface area contributed by atoms with Gasteiger partial charge in [0.25, 0.3) is 0 Å². The van der Waals surface area contributed by atoms with E-state index in [9.17, 15) is 10.5 Å². The third-order valence-electron chi connectivity index (χ3n) is 20.3. The molecule has 0 spiro atoms. The summed E-state index contributed by atoms with van der Waals surface area (Å²) in [6.45, 7) is 0. The predicted octanol–water partition coefficient (Wildman–Crippen LogP) is 24.1. The Morgan fingerprint density at radius 1 is 0.202 bits per heavy atom. The summed E-state index contributed by atoms with van der Waals surface area (Å²) in [6.07, 6.45) is 0. The summed E-state index contributed by atoms with van der Waals surface area (Å²) in [5.74, 6) is 0. The summed E-state index contributed by atoms with van der Waals surface area (Å²) in [5.41, 5.74) is 17.9. The number of hydrogen-bond acceptors (Lipinski definition) is 2. The molecule has 0 fully saturated rings. The molecule has 0 aliphatic heterocycles. The van der Waals surface area contributed by atoms with E-state index < -0.39 is 0 Å². The standard InChI is InChI=1S/C47H26N2.C43H24N2/c48-27-36-17-19-42-47-41(36)18-16-35-25-39(26-43(46(35)47)49(42)40-8-2-1-3-9-40)38-23-33-14-12-31-21-37(22-32-13-15-34(24-38)45(33)44(31)32)30-11-10-28-6-4-5-7-29(28)20-30;44-25-32-17-21-38-42-36(32)18-19-37-35(20-22-39(43(37)42)45(38)34-7-2-1-3-8-34)27-11-9-26(10-12-27)33-23-30-15-13-28-5-4-6-29-14-16-31(24-33)41(30)40(28)29/h1-26H;1-24H. The normalized spacial score (nSPS) is 12.0. The zero-order valence-corrected chi connectivity index (χ0v) is 50.7. The van der Waals surface area contributed by atoms with E-state index in [1.807, 2.05) is 18.2 Å². The van der Waals surface area contributed by atoms with Crippen LogP contribution in [0.1, 0.15) is 11.1 Å². The topological polar surface area (TPSA) is 57.4 Å². The van der Waals surface area contributed by atoms with Crippen molar-refractivity contribution in [2.24, 2.45) is 0 Å². The molecule has 0 N–H and O–H groups in total. The average molecular weight is 1190 g/mol. The molecule has 4 nitrogen and oxygen atoms in total. The van der Waals surface area contributed by atoms with E-state index in [1.165, 1.54) is 141 Å². The molecule has 0 aliphatic rings. The van der Waals surface area contributed by atoms with Crippen molar-refractivity contribution in [3.63, 3.8) is 0 Å². The van der Waals surface area contributed by atoms with Crippen molar-refractivity contribution < 1.29 is 0 Å². The molecule has 0 unspecified atom stereocenters. The quantitative estimate of drug-likeness (QED) is 0.156. The molecule has 94 heavy (non-hydrogen) atoms. The summed E-state index contributed by atoms with van der Waals surface area (Å²) in [5, 5.41) is 47.0. The smallest absolute Gasteiger partial charge is 0.0998 e. The molecular formula is C90H50N4. The van der Waals surface area contributed by atoms with Gasteiger partial charge < -0.3 is 9.13 Å². The molecule has 0 aliphatic carbocycles. The monoisotopic (exact) mass is 1190 g/mol. The van der Waals surface area contributed by atoms with Crippen LogP contribution in [-0.2, 0) is 0 Å². The van der Waals surface area contributed by atoms with Crippen molar-refractivity contribution in [3.8, 4) is 68.0 Å². The van der Waals surface area contributed by atoms with Crippen LogP contribution in [0, 0.1) is 22.7 Å². The number of nitriles is 2. The highest BCUT2D eigenvalue weighted by Crippen LogP contribution is 2.47. The van der Waals surface area contributed by atoms with Crippen LogP contribution >= 0.6 is 0 Å². The van der Waals surface area contributed by atoms with Gasteiger partial charge in [-0.05, 0) is 240 Å². The maximum absolute atomic E-state index is 9.93. The minimum atomic E-state index is 0.708. The largest absolute Gasteiger partial charge is 0.309 e. The second-order valence-corrected chi connectivity index (χ2v) is 25.3. The third-order valence-corrected chi connectivity index (χ3v) is 20.3. The van der Waals surface area contributed by atoms with Gasteiger partial charge in [-0.1, -0.05) is 194 Å². The molecule has 430 valence electrons. The number of para-hydroxylation sites is 2. The predicted molar refractivity (Wildman–Crippen MR) is 395 cm³/mol. The zero-order chi connectivity index (χ0) is 61.9. The van der Waals surface area contributed by atoms with Crippen molar-refractivity contribution in [3.05, 3.63) is 314 Å². The Balaban J connectivity index is 0.000000130. The minimum absolute atomic E-state index is 0.708. The van der Waals surface area contributed by atoms with Gasteiger partial charge >= 0.3 is 0 Å². The third kappa shape index (κ3) is 7.60. The van der Waals surface area contributed by atoms with Crippen LogP contribution in [0.2, 0.25) is 0 Å².